The lowest BCUT2D eigenvalue weighted by Crippen LogP contribution is -2.49. The van der Waals surface area contributed by atoms with Crippen LogP contribution in [-0.4, -0.2) is 58.4 Å². The Morgan fingerprint density at radius 2 is 1.78 bits per heavy atom. The van der Waals surface area contributed by atoms with Crippen LogP contribution in [0.3, 0.4) is 0 Å². The van der Waals surface area contributed by atoms with E-state index in [2.05, 4.69) is 23.7 Å². The molecule has 4 rings (SSSR count). The third-order valence-electron chi connectivity index (χ3n) is 5.87. The molecular formula is C25H31N5O2. The van der Waals surface area contributed by atoms with E-state index in [0.717, 1.165) is 54.6 Å². The van der Waals surface area contributed by atoms with Crippen molar-refractivity contribution < 1.29 is 9.53 Å². The summed E-state index contributed by atoms with van der Waals surface area (Å²) in [6.45, 7) is 9.87. The summed E-state index contributed by atoms with van der Waals surface area (Å²) >= 11 is 0. The van der Waals surface area contributed by atoms with E-state index in [1.54, 1.807) is 6.20 Å². The van der Waals surface area contributed by atoms with E-state index >= 15 is 0 Å². The van der Waals surface area contributed by atoms with Crippen LogP contribution in [0.5, 0.6) is 5.75 Å². The molecule has 1 saturated heterocycles. The van der Waals surface area contributed by atoms with Gasteiger partial charge >= 0.3 is 0 Å². The van der Waals surface area contributed by atoms with E-state index in [-0.39, 0.29) is 5.91 Å². The van der Waals surface area contributed by atoms with Gasteiger partial charge in [0.15, 0.2) is 5.82 Å². The van der Waals surface area contributed by atoms with Crippen molar-refractivity contribution in [3.05, 3.63) is 65.6 Å². The summed E-state index contributed by atoms with van der Waals surface area (Å²) in [5.41, 5.74) is 3.89. The molecule has 1 aliphatic heterocycles. The lowest BCUT2D eigenvalue weighted by molar-refractivity contribution is 0.0746. The van der Waals surface area contributed by atoms with Crippen LogP contribution in [0.4, 0.5) is 5.69 Å². The fourth-order valence-corrected chi connectivity index (χ4v) is 4.14. The number of unbranched alkanes of at least 4 members (excludes halogenated alkanes) is 1. The highest BCUT2D eigenvalue weighted by Crippen LogP contribution is 2.27. The largest absolute Gasteiger partial charge is 0.494 e. The lowest BCUT2D eigenvalue weighted by atomic mass is 10.1. The van der Waals surface area contributed by atoms with E-state index in [9.17, 15) is 4.79 Å². The van der Waals surface area contributed by atoms with Crippen LogP contribution < -0.4 is 9.64 Å². The van der Waals surface area contributed by atoms with Gasteiger partial charge in [0.05, 0.1) is 23.7 Å². The van der Waals surface area contributed by atoms with Crippen molar-refractivity contribution in [1.82, 2.24) is 19.7 Å². The summed E-state index contributed by atoms with van der Waals surface area (Å²) < 4.78 is 7.60. The molecule has 7 heteroatoms. The Hall–Kier alpha value is -3.35. The molecule has 3 heterocycles. The molecule has 3 aromatic rings. The highest BCUT2D eigenvalue weighted by molar-refractivity contribution is 5.94. The molecule has 32 heavy (non-hydrogen) atoms. The van der Waals surface area contributed by atoms with E-state index < -0.39 is 0 Å². The van der Waals surface area contributed by atoms with Gasteiger partial charge in [-0.25, -0.2) is 9.67 Å². The summed E-state index contributed by atoms with van der Waals surface area (Å²) in [6, 6.07) is 13.3. The second-order valence-electron chi connectivity index (χ2n) is 8.12. The third kappa shape index (κ3) is 4.61. The molecule has 2 aromatic heterocycles. The molecule has 0 atom stereocenters. The highest BCUT2D eigenvalue weighted by atomic mass is 16.5. The Morgan fingerprint density at radius 1 is 1.03 bits per heavy atom. The van der Waals surface area contributed by atoms with E-state index in [4.69, 9.17) is 9.84 Å². The maximum Gasteiger partial charge on any atom is 0.253 e. The fourth-order valence-electron chi connectivity index (χ4n) is 4.14. The predicted molar refractivity (Wildman–Crippen MR) is 126 cm³/mol. The summed E-state index contributed by atoms with van der Waals surface area (Å²) in [4.78, 5) is 21.7. The number of nitrogens with zero attached hydrogens (tertiary/aromatic N) is 5. The fraction of sp³-hybridized carbons (Fsp3) is 0.400. The van der Waals surface area contributed by atoms with Crippen LogP contribution >= 0.6 is 0 Å². The molecule has 7 nitrogen and oxygen atoms in total. The Balaban J connectivity index is 1.39. The number of amides is 1. The van der Waals surface area contributed by atoms with Crippen LogP contribution in [0.1, 0.15) is 41.5 Å². The van der Waals surface area contributed by atoms with Crippen molar-refractivity contribution in [2.24, 2.45) is 0 Å². The van der Waals surface area contributed by atoms with Gasteiger partial charge in [-0.15, -0.1) is 0 Å². The van der Waals surface area contributed by atoms with Gasteiger partial charge < -0.3 is 14.5 Å². The maximum absolute atomic E-state index is 13.0. The number of hydrogen-bond acceptors (Lipinski definition) is 5. The molecule has 1 amide bonds. The molecule has 0 saturated carbocycles. The van der Waals surface area contributed by atoms with Crippen molar-refractivity contribution in [2.45, 2.75) is 33.6 Å². The van der Waals surface area contributed by atoms with Crippen molar-refractivity contribution in [1.29, 1.82) is 0 Å². The minimum atomic E-state index is 0.0717. The third-order valence-corrected chi connectivity index (χ3v) is 5.87. The normalized spacial score (nSPS) is 14.0. The molecule has 0 unspecified atom stereocenters. The first-order valence-electron chi connectivity index (χ1n) is 11.3. The molecule has 0 bridgehead atoms. The number of hydrogen-bond donors (Lipinski definition) is 0. The first-order chi connectivity index (χ1) is 15.6. The van der Waals surface area contributed by atoms with Gasteiger partial charge in [0.2, 0.25) is 0 Å². The molecular weight excluding hydrogens is 402 g/mol. The van der Waals surface area contributed by atoms with E-state index in [0.29, 0.717) is 25.3 Å². The van der Waals surface area contributed by atoms with E-state index in [1.807, 2.05) is 59.0 Å². The zero-order valence-corrected chi connectivity index (χ0v) is 19.1. The van der Waals surface area contributed by atoms with Crippen molar-refractivity contribution in [3.8, 4) is 11.6 Å². The summed E-state index contributed by atoms with van der Waals surface area (Å²) in [6.07, 6.45) is 3.91. The van der Waals surface area contributed by atoms with Gasteiger partial charge in [-0.05, 0) is 56.7 Å². The number of carbonyl (C=O) groups is 1. The number of carbonyl (C=O) groups excluding carboxylic acids is 1. The van der Waals surface area contributed by atoms with Crippen LogP contribution in [0, 0.1) is 13.8 Å². The Labute approximate surface area is 189 Å². The minimum absolute atomic E-state index is 0.0717. The quantitative estimate of drug-likeness (QED) is 0.527. The van der Waals surface area contributed by atoms with Gasteiger partial charge in [0, 0.05) is 37.9 Å². The summed E-state index contributed by atoms with van der Waals surface area (Å²) in [5.74, 6) is 1.70. The molecule has 1 aromatic carbocycles. The number of rotatable bonds is 7. The topological polar surface area (TPSA) is 63.5 Å². The molecule has 1 fully saturated rings. The molecule has 1 aliphatic rings. The Kier molecular flexibility index (Phi) is 6.73. The van der Waals surface area contributed by atoms with Gasteiger partial charge in [0.1, 0.15) is 5.75 Å². The van der Waals surface area contributed by atoms with Gasteiger partial charge in [-0.2, -0.15) is 5.10 Å². The summed E-state index contributed by atoms with van der Waals surface area (Å²) in [5, 5.41) is 4.71. The standard InChI is InChI=1S/C25H31N5O2/c1-4-5-18-32-22-11-9-21(10-12-22)25(31)29-16-14-28(15-17-29)24-19(2)27-30(20(24)3)23-8-6-7-13-26-23/h6-13H,4-5,14-18H2,1-3H3. The Bertz CT molecular complexity index is 1040. The van der Waals surface area contributed by atoms with Crippen LogP contribution in [0.2, 0.25) is 0 Å². The number of pyridine rings is 1. The second kappa shape index (κ2) is 9.85. The van der Waals surface area contributed by atoms with Gasteiger partial charge in [0.25, 0.3) is 5.91 Å². The van der Waals surface area contributed by atoms with Gasteiger partial charge in [-0.1, -0.05) is 19.4 Å². The SMILES string of the molecule is CCCCOc1ccc(C(=O)N2CCN(c3c(C)nn(-c4ccccn4)c3C)CC2)cc1. The number of piperazine rings is 1. The van der Waals surface area contributed by atoms with Crippen LogP contribution in [0.25, 0.3) is 5.82 Å². The zero-order chi connectivity index (χ0) is 22.5. The Morgan fingerprint density at radius 3 is 2.44 bits per heavy atom. The number of benzene rings is 1. The lowest BCUT2D eigenvalue weighted by Gasteiger charge is -2.36. The second-order valence-corrected chi connectivity index (χ2v) is 8.12. The highest BCUT2D eigenvalue weighted by Gasteiger charge is 2.26. The number of aromatic nitrogens is 3. The van der Waals surface area contributed by atoms with Crippen molar-refractivity contribution in [3.63, 3.8) is 0 Å². The number of aryl methyl sites for hydroxylation is 1. The maximum atomic E-state index is 13.0. The first-order valence-corrected chi connectivity index (χ1v) is 11.3. The van der Waals surface area contributed by atoms with Gasteiger partial charge in [-0.3, -0.25) is 4.79 Å². The smallest absolute Gasteiger partial charge is 0.253 e. The number of anilines is 1. The average molecular weight is 434 g/mol. The molecule has 168 valence electrons. The molecule has 0 radical (unpaired) electrons. The summed E-state index contributed by atoms with van der Waals surface area (Å²) in [7, 11) is 0. The molecule has 0 aliphatic carbocycles. The molecule has 0 N–H and O–H groups in total. The average Bonchev–Trinajstić information content (AvgIpc) is 3.13. The van der Waals surface area contributed by atoms with Crippen molar-refractivity contribution >= 4 is 11.6 Å². The molecule has 0 spiro atoms. The van der Waals surface area contributed by atoms with E-state index in [1.165, 1.54) is 0 Å². The van der Waals surface area contributed by atoms with Crippen LogP contribution in [-0.2, 0) is 0 Å². The monoisotopic (exact) mass is 433 g/mol. The van der Waals surface area contributed by atoms with Crippen LogP contribution in [0.15, 0.2) is 48.7 Å². The first kappa shape index (κ1) is 21.9. The minimum Gasteiger partial charge on any atom is -0.494 e. The number of ether oxygens (including phenoxy) is 1. The predicted octanol–water partition coefficient (Wildman–Crippen LogP) is 4.03. The zero-order valence-electron chi connectivity index (χ0n) is 19.1. The van der Waals surface area contributed by atoms with Crippen molar-refractivity contribution in [2.75, 3.05) is 37.7 Å².